The highest BCUT2D eigenvalue weighted by molar-refractivity contribution is 5.97. The van der Waals surface area contributed by atoms with E-state index in [4.69, 9.17) is 4.98 Å². The van der Waals surface area contributed by atoms with Crippen LogP contribution >= 0.6 is 0 Å². The van der Waals surface area contributed by atoms with Crippen LogP contribution in [-0.4, -0.2) is 61.1 Å². The van der Waals surface area contributed by atoms with E-state index >= 15 is 0 Å². The second-order valence-corrected chi connectivity index (χ2v) is 10.1. The van der Waals surface area contributed by atoms with Gasteiger partial charge in [0.2, 0.25) is 0 Å². The molecule has 6 heteroatoms. The molecule has 3 heterocycles. The van der Waals surface area contributed by atoms with Crippen LogP contribution < -0.4 is 15.5 Å². The van der Waals surface area contributed by atoms with Gasteiger partial charge in [-0.1, -0.05) is 48.0 Å². The Kier molecular flexibility index (Phi) is 7.63. The first kappa shape index (κ1) is 24.5. The fourth-order valence-corrected chi connectivity index (χ4v) is 5.28. The number of hydrogen-bond acceptors (Lipinski definition) is 5. The quantitative estimate of drug-likeness (QED) is 0.551. The summed E-state index contributed by atoms with van der Waals surface area (Å²) in [7, 11) is 0. The Labute approximate surface area is 214 Å². The van der Waals surface area contributed by atoms with E-state index in [2.05, 4.69) is 69.8 Å². The van der Waals surface area contributed by atoms with Crippen molar-refractivity contribution in [1.82, 2.24) is 20.5 Å². The van der Waals surface area contributed by atoms with Gasteiger partial charge in [-0.25, -0.2) is 4.98 Å². The molecule has 1 amide bonds. The Hall–Kier alpha value is -3.22. The number of carbonyl (C=O) groups is 1. The monoisotopic (exact) mass is 483 g/mol. The van der Waals surface area contributed by atoms with Crippen molar-refractivity contribution in [3.05, 3.63) is 83.0 Å². The predicted octanol–water partition coefficient (Wildman–Crippen LogP) is 4.17. The molecule has 2 aliphatic rings. The van der Waals surface area contributed by atoms with Crippen molar-refractivity contribution in [2.24, 2.45) is 0 Å². The molecule has 188 valence electrons. The minimum Gasteiger partial charge on any atom is -0.354 e. The zero-order valence-corrected chi connectivity index (χ0v) is 21.5. The van der Waals surface area contributed by atoms with Crippen molar-refractivity contribution in [2.45, 2.75) is 39.3 Å². The molecule has 1 aromatic heterocycles. The number of hydrogen-bond donors (Lipinski definition) is 2. The second-order valence-electron chi connectivity index (χ2n) is 10.1. The molecule has 2 N–H and O–H groups in total. The van der Waals surface area contributed by atoms with Gasteiger partial charge in [-0.15, -0.1) is 0 Å². The number of piperidine rings is 1. The normalized spacial score (nSPS) is 17.2. The van der Waals surface area contributed by atoms with Gasteiger partial charge in [-0.2, -0.15) is 0 Å². The lowest BCUT2D eigenvalue weighted by molar-refractivity contribution is 0.0908. The molecule has 2 aliphatic heterocycles. The summed E-state index contributed by atoms with van der Waals surface area (Å²) >= 11 is 0. The average Bonchev–Trinajstić information content (AvgIpc) is 2.91. The van der Waals surface area contributed by atoms with Crippen molar-refractivity contribution < 1.29 is 4.79 Å². The second kappa shape index (κ2) is 11.2. The Morgan fingerprint density at radius 1 is 0.972 bits per heavy atom. The highest BCUT2D eigenvalue weighted by Gasteiger charge is 2.22. The van der Waals surface area contributed by atoms with Crippen molar-refractivity contribution in [2.75, 3.05) is 44.2 Å². The number of nitrogens with zero attached hydrogens (tertiary/aromatic N) is 3. The third-order valence-electron chi connectivity index (χ3n) is 7.52. The van der Waals surface area contributed by atoms with E-state index in [0.29, 0.717) is 0 Å². The standard InChI is InChI=1S/C30H37N5O/c1-22-6-9-25(10-7-22)27-4-3-5-28(23(27)2)30(36)33-26-12-16-34(17-13-26)21-24-8-11-29(32-20-24)35-18-14-31-15-19-35/h3-11,20,26,31H,12-19,21H2,1-2H3,(H,33,36). The van der Waals surface area contributed by atoms with Gasteiger partial charge in [-0.05, 0) is 61.1 Å². The van der Waals surface area contributed by atoms with Gasteiger partial charge in [0.25, 0.3) is 5.91 Å². The lowest BCUT2D eigenvalue weighted by Gasteiger charge is -2.32. The van der Waals surface area contributed by atoms with Gasteiger partial charge in [0.15, 0.2) is 0 Å². The molecule has 5 rings (SSSR count). The Morgan fingerprint density at radius 2 is 1.72 bits per heavy atom. The number of amides is 1. The van der Waals surface area contributed by atoms with Crippen molar-refractivity contribution in [3.63, 3.8) is 0 Å². The van der Waals surface area contributed by atoms with Gasteiger partial charge < -0.3 is 15.5 Å². The number of carbonyl (C=O) groups excluding carboxylic acids is 1. The van der Waals surface area contributed by atoms with Crippen LogP contribution in [0.5, 0.6) is 0 Å². The van der Waals surface area contributed by atoms with Crippen LogP contribution in [0.3, 0.4) is 0 Å². The number of anilines is 1. The highest BCUT2D eigenvalue weighted by Crippen LogP contribution is 2.26. The molecule has 2 aromatic carbocycles. The SMILES string of the molecule is Cc1ccc(-c2cccc(C(=O)NC3CCN(Cc4ccc(N5CCNCC5)nc4)CC3)c2C)cc1. The number of likely N-dealkylation sites (tertiary alicyclic amines) is 1. The van der Waals surface area contributed by atoms with Crippen molar-refractivity contribution in [3.8, 4) is 11.1 Å². The van der Waals surface area contributed by atoms with Crippen LogP contribution in [-0.2, 0) is 6.54 Å². The van der Waals surface area contributed by atoms with E-state index in [0.717, 1.165) is 86.7 Å². The molecule has 36 heavy (non-hydrogen) atoms. The number of pyridine rings is 1. The van der Waals surface area contributed by atoms with Gasteiger partial charge in [0.05, 0.1) is 0 Å². The smallest absolute Gasteiger partial charge is 0.251 e. The summed E-state index contributed by atoms with van der Waals surface area (Å²) in [5, 5.41) is 6.69. The predicted molar refractivity (Wildman–Crippen MR) is 146 cm³/mol. The fraction of sp³-hybridized carbons (Fsp3) is 0.400. The van der Waals surface area contributed by atoms with E-state index in [1.807, 2.05) is 25.3 Å². The molecular formula is C30H37N5O. The number of aryl methyl sites for hydroxylation is 1. The van der Waals surface area contributed by atoms with Crippen molar-refractivity contribution in [1.29, 1.82) is 0 Å². The first-order chi connectivity index (χ1) is 17.6. The van der Waals surface area contributed by atoms with Gasteiger partial charge in [-0.3, -0.25) is 9.69 Å². The molecule has 0 bridgehead atoms. The van der Waals surface area contributed by atoms with Gasteiger partial charge >= 0.3 is 0 Å². The molecule has 0 spiro atoms. The molecule has 3 aromatic rings. The fourth-order valence-electron chi connectivity index (χ4n) is 5.28. The minimum absolute atomic E-state index is 0.0348. The number of piperazine rings is 1. The summed E-state index contributed by atoms with van der Waals surface area (Å²) in [6, 6.07) is 19.1. The third kappa shape index (κ3) is 5.77. The maximum Gasteiger partial charge on any atom is 0.251 e. The van der Waals surface area contributed by atoms with Crippen LogP contribution in [0.4, 0.5) is 5.82 Å². The summed E-state index contributed by atoms with van der Waals surface area (Å²) < 4.78 is 0. The van der Waals surface area contributed by atoms with E-state index in [-0.39, 0.29) is 11.9 Å². The average molecular weight is 484 g/mol. The zero-order valence-electron chi connectivity index (χ0n) is 21.5. The Balaban J connectivity index is 1.14. The highest BCUT2D eigenvalue weighted by atomic mass is 16.1. The number of benzene rings is 2. The topological polar surface area (TPSA) is 60.5 Å². The van der Waals surface area contributed by atoms with E-state index in [1.54, 1.807) is 0 Å². The summed E-state index contributed by atoms with van der Waals surface area (Å²) in [6.45, 7) is 11.1. The van der Waals surface area contributed by atoms with Crippen LogP contribution in [0.15, 0.2) is 60.8 Å². The lowest BCUT2D eigenvalue weighted by Crippen LogP contribution is -2.44. The molecule has 0 aliphatic carbocycles. The molecule has 2 fully saturated rings. The Morgan fingerprint density at radius 3 is 2.42 bits per heavy atom. The molecule has 2 saturated heterocycles. The summed E-state index contributed by atoms with van der Waals surface area (Å²) in [5.41, 5.74) is 6.56. The first-order valence-electron chi connectivity index (χ1n) is 13.2. The number of nitrogens with one attached hydrogen (secondary N) is 2. The third-order valence-corrected chi connectivity index (χ3v) is 7.52. The maximum atomic E-state index is 13.2. The minimum atomic E-state index is 0.0348. The molecule has 0 unspecified atom stereocenters. The van der Waals surface area contributed by atoms with Crippen LogP contribution in [0.2, 0.25) is 0 Å². The summed E-state index contributed by atoms with van der Waals surface area (Å²) in [6.07, 6.45) is 3.96. The van der Waals surface area contributed by atoms with Crippen molar-refractivity contribution >= 4 is 11.7 Å². The maximum absolute atomic E-state index is 13.2. The molecule has 0 atom stereocenters. The van der Waals surface area contributed by atoms with E-state index in [9.17, 15) is 4.79 Å². The largest absolute Gasteiger partial charge is 0.354 e. The molecular weight excluding hydrogens is 446 g/mol. The van der Waals surface area contributed by atoms with Crippen LogP contribution in [0, 0.1) is 13.8 Å². The molecule has 6 nitrogen and oxygen atoms in total. The number of aromatic nitrogens is 1. The molecule has 0 saturated carbocycles. The summed E-state index contributed by atoms with van der Waals surface area (Å²) in [4.78, 5) is 22.7. The van der Waals surface area contributed by atoms with E-state index in [1.165, 1.54) is 11.1 Å². The number of rotatable bonds is 6. The van der Waals surface area contributed by atoms with Gasteiger partial charge in [0, 0.05) is 63.6 Å². The van der Waals surface area contributed by atoms with Crippen LogP contribution in [0.25, 0.3) is 11.1 Å². The first-order valence-corrected chi connectivity index (χ1v) is 13.2. The lowest BCUT2D eigenvalue weighted by atomic mass is 9.95. The van der Waals surface area contributed by atoms with E-state index < -0.39 is 0 Å². The molecule has 0 radical (unpaired) electrons. The van der Waals surface area contributed by atoms with Crippen LogP contribution in [0.1, 0.15) is 39.9 Å². The summed E-state index contributed by atoms with van der Waals surface area (Å²) in [5.74, 6) is 1.11. The zero-order chi connectivity index (χ0) is 24.9. The van der Waals surface area contributed by atoms with Gasteiger partial charge in [0.1, 0.15) is 5.82 Å². The Bertz CT molecular complexity index is 1160.